The quantitative estimate of drug-likeness (QED) is 0.549. The topological polar surface area (TPSA) is 68.7 Å². The van der Waals surface area contributed by atoms with E-state index in [2.05, 4.69) is 22.0 Å². The van der Waals surface area contributed by atoms with Crippen LogP contribution in [-0.2, 0) is 11.3 Å². The maximum absolute atomic E-state index is 12.9. The van der Waals surface area contributed by atoms with E-state index in [1.807, 2.05) is 59.9 Å². The van der Waals surface area contributed by atoms with Crippen LogP contribution in [0.2, 0.25) is 0 Å². The number of hydrogen-bond donors (Lipinski definition) is 2. The van der Waals surface area contributed by atoms with Crippen molar-refractivity contribution in [3.05, 3.63) is 76.0 Å². The van der Waals surface area contributed by atoms with E-state index < -0.39 is 0 Å². The average molecular weight is 423 g/mol. The van der Waals surface area contributed by atoms with E-state index in [9.17, 15) is 9.59 Å². The zero-order valence-corrected chi connectivity index (χ0v) is 19.3. The van der Waals surface area contributed by atoms with Crippen molar-refractivity contribution < 1.29 is 18.9 Å². The van der Waals surface area contributed by atoms with Gasteiger partial charge in [-0.3, -0.25) is 9.59 Å². The van der Waals surface area contributed by atoms with Gasteiger partial charge in [0.15, 0.2) is 6.54 Å². The number of Topliss-reactive ketones (excluding diaryl/α,β-unsaturated/α-hetero) is 1. The number of amides is 1. The molecule has 0 aliphatic rings. The molecule has 0 fully saturated rings. The summed E-state index contributed by atoms with van der Waals surface area (Å²) in [5.74, 6) is 0.789. The Kier molecular flexibility index (Phi) is 6.81. The van der Waals surface area contributed by atoms with Gasteiger partial charge in [-0.05, 0) is 63.9 Å². The molecule has 2 aromatic heterocycles. The first kappa shape index (κ1) is 22.6. The predicted octanol–water partition coefficient (Wildman–Crippen LogP) is 3.01. The lowest BCUT2D eigenvalue weighted by atomic mass is 10.1. The summed E-state index contributed by atoms with van der Waals surface area (Å²) >= 11 is 0. The molecule has 1 atom stereocenters. The Morgan fingerprint density at radius 1 is 1.03 bits per heavy atom. The van der Waals surface area contributed by atoms with E-state index in [4.69, 9.17) is 4.42 Å². The van der Waals surface area contributed by atoms with E-state index in [-0.39, 0.29) is 24.8 Å². The van der Waals surface area contributed by atoms with Crippen molar-refractivity contribution in [3.63, 3.8) is 0 Å². The van der Waals surface area contributed by atoms with Crippen LogP contribution in [0.25, 0.3) is 0 Å². The fourth-order valence-corrected chi connectivity index (χ4v) is 4.15. The first-order chi connectivity index (χ1) is 14.7. The molecule has 0 aliphatic heterocycles. The number of rotatable bonds is 8. The number of hydrogen-bond acceptors (Lipinski definition) is 3. The number of ketones is 1. The lowest BCUT2D eigenvalue weighted by Crippen LogP contribution is -3.11. The van der Waals surface area contributed by atoms with Crippen molar-refractivity contribution in [2.75, 3.05) is 25.5 Å². The Morgan fingerprint density at radius 3 is 2.32 bits per heavy atom. The third kappa shape index (κ3) is 5.33. The molecular formula is C25H32N3O3+. The maximum Gasteiger partial charge on any atom is 0.279 e. The van der Waals surface area contributed by atoms with E-state index in [0.29, 0.717) is 12.1 Å². The molecule has 2 heterocycles. The minimum atomic E-state index is -0.0938. The first-order valence-corrected chi connectivity index (χ1v) is 10.6. The normalized spacial score (nSPS) is 12.1. The largest absolute Gasteiger partial charge is 0.467 e. The summed E-state index contributed by atoms with van der Waals surface area (Å²) in [6.07, 6.45) is 1.65. The number of benzene rings is 1. The molecule has 1 aromatic carbocycles. The van der Waals surface area contributed by atoms with Crippen LogP contribution < -0.4 is 10.2 Å². The van der Waals surface area contributed by atoms with Gasteiger partial charge in [-0.15, -0.1) is 0 Å². The molecular weight excluding hydrogens is 390 g/mol. The number of aryl methyl sites for hydroxylation is 4. The van der Waals surface area contributed by atoms with Gasteiger partial charge in [0.2, 0.25) is 5.78 Å². The second-order valence-electron chi connectivity index (χ2n) is 8.51. The molecule has 0 radical (unpaired) electrons. The highest BCUT2D eigenvalue weighted by atomic mass is 16.3. The van der Waals surface area contributed by atoms with Gasteiger partial charge in [-0.25, -0.2) is 0 Å². The fourth-order valence-electron chi connectivity index (χ4n) is 4.15. The Bertz CT molecular complexity index is 1070. The minimum Gasteiger partial charge on any atom is -0.467 e. The molecule has 1 amide bonds. The highest BCUT2D eigenvalue weighted by molar-refractivity contribution is 5.98. The SMILES string of the molecule is Cc1cc(C)c(NC(=O)C[NH+](C)CC(=O)c2cc(C)n(Cc3ccco3)c2C)c(C)c1. The van der Waals surface area contributed by atoms with Gasteiger partial charge in [-0.1, -0.05) is 17.7 Å². The van der Waals surface area contributed by atoms with Gasteiger partial charge < -0.3 is 19.2 Å². The van der Waals surface area contributed by atoms with E-state index in [0.717, 1.165) is 38.9 Å². The number of anilines is 1. The summed E-state index contributed by atoms with van der Waals surface area (Å²) in [5.41, 5.74) is 6.75. The van der Waals surface area contributed by atoms with Crippen molar-refractivity contribution in [3.8, 4) is 0 Å². The summed E-state index contributed by atoms with van der Waals surface area (Å²) in [6, 6.07) is 9.82. The van der Waals surface area contributed by atoms with Crippen molar-refractivity contribution >= 4 is 17.4 Å². The summed E-state index contributed by atoms with van der Waals surface area (Å²) < 4.78 is 7.52. The molecule has 2 N–H and O–H groups in total. The zero-order valence-electron chi connectivity index (χ0n) is 19.3. The van der Waals surface area contributed by atoms with E-state index in [1.165, 1.54) is 5.56 Å². The van der Waals surface area contributed by atoms with Gasteiger partial charge >= 0.3 is 0 Å². The third-order valence-electron chi connectivity index (χ3n) is 5.63. The smallest absolute Gasteiger partial charge is 0.279 e. The second-order valence-corrected chi connectivity index (χ2v) is 8.51. The molecule has 0 bridgehead atoms. The molecule has 6 nitrogen and oxygen atoms in total. The number of quaternary nitrogens is 1. The van der Waals surface area contributed by atoms with E-state index >= 15 is 0 Å². The van der Waals surface area contributed by atoms with Crippen molar-refractivity contribution in [2.24, 2.45) is 0 Å². The molecule has 0 saturated heterocycles. The Balaban J connectivity index is 1.62. The van der Waals surface area contributed by atoms with Crippen LogP contribution in [0.15, 0.2) is 41.0 Å². The van der Waals surface area contributed by atoms with Crippen LogP contribution in [0.3, 0.4) is 0 Å². The monoisotopic (exact) mass is 422 g/mol. The molecule has 31 heavy (non-hydrogen) atoms. The van der Waals surface area contributed by atoms with Gasteiger partial charge in [0.1, 0.15) is 12.3 Å². The molecule has 3 aromatic rings. The van der Waals surface area contributed by atoms with Crippen LogP contribution >= 0.6 is 0 Å². The van der Waals surface area contributed by atoms with Gasteiger partial charge in [-0.2, -0.15) is 0 Å². The van der Waals surface area contributed by atoms with Crippen LogP contribution in [0.5, 0.6) is 0 Å². The summed E-state index contributed by atoms with van der Waals surface area (Å²) in [6.45, 7) is 11.0. The molecule has 3 rings (SSSR count). The molecule has 0 aliphatic carbocycles. The number of aromatic nitrogens is 1. The lowest BCUT2D eigenvalue weighted by molar-refractivity contribution is -0.861. The summed E-state index contributed by atoms with van der Waals surface area (Å²) in [4.78, 5) is 26.4. The molecule has 0 saturated carbocycles. The number of likely N-dealkylation sites (N-methyl/N-ethyl adjacent to an activating group) is 1. The number of carbonyl (C=O) groups is 2. The Morgan fingerprint density at radius 2 is 1.71 bits per heavy atom. The summed E-state index contributed by atoms with van der Waals surface area (Å²) in [7, 11) is 1.87. The number of furan rings is 1. The molecule has 0 spiro atoms. The predicted molar refractivity (Wildman–Crippen MR) is 122 cm³/mol. The van der Waals surface area contributed by atoms with Crippen molar-refractivity contribution in [2.45, 2.75) is 41.2 Å². The van der Waals surface area contributed by atoms with Crippen molar-refractivity contribution in [1.82, 2.24) is 4.57 Å². The minimum absolute atomic E-state index is 0.0341. The zero-order chi connectivity index (χ0) is 22.7. The third-order valence-corrected chi connectivity index (χ3v) is 5.63. The van der Waals surface area contributed by atoms with Crippen molar-refractivity contribution in [1.29, 1.82) is 0 Å². The number of nitrogens with zero attached hydrogens (tertiary/aromatic N) is 1. The van der Waals surface area contributed by atoms with Gasteiger partial charge in [0, 0.05) is 22.6 Å². The standard InChI is InChI=1S/C25H31N3O3/c1-16-10-17(2)25(18(3)11-16)26-24(30)15-27(6)14-23(29)22-12-19(4)28(20(22)5)13-21-8-7-9-31-21/h7-12H,13-15H2,1-6H3,(H,26,30)/p+1. The summed E-state index contributed by atoms with van der Waals surface area (Å²) in [5, 5.41) is 3.01. The maximum atomic E-state index is 12.9. The van der Waals surface area contributed by atoms with Gasteiger partial charge in [0.05, 0.1) is 19.9 Å². The van der Waals surface area contributed by atoms with Crippen LogP contribution in [0.1, 0.15) is 44.2 Å². The van der Waals surface area contributed by atoms with Gasteiger partial charge in [0.25, 0.3) is 5.91 Å². The first-order valence-electron chi connectivity index (χ1n) is 10.6. The molecule has 1 unspecified atom stereocenters. The van der Waals surface area contributed by atoms with Crippen LogP contribution in [0.4, 0.5) is 5.69 Å². The highest BCUT2D eigenvalue weighted by Gasteiger charge is 2.21. The Labute approximate surface area is 183 Å². The Hall–Kier alpha value is -3.12. The lowest BCUT2D eigenvalue weighted by Gasteiger charge is -2.16. The molecule has 164 valence electrons. The van der Waals surface area contributed by atoms with Crippen LogP contribution in [0, 0.1) is 34.6 Å². The fraction of sp³-hybridized carbons (Fsp3) is 0.360. The molecule has 6 heteroatoms. The average Bonchev–Trinajstić information content (AvgIpc) is 3.28. The van der Waals surface area contributed by atoms with Crippen LogP contribution in [-0.4, -0.2) is 36.4 Å². The van der Waals surface area contributed by atoms with E-state index in [1.54, 1.807) is 6.26 Å². The number of carbonyl (C=O) groups excluding carboxylic acids is 2. The highest BCUT2D eigenvalue weighted by Crippen LogP contribution is 2.21. The second kappa shape index (κ2) is 9.35. The number of nitrogens with one attached hydrogen (secondary N) is 2.